The standard InChI is InChI=1S/C9H8BrClN2S2/c10-7-4-6(5-14-7)9-13-12-8(15-9)2-1-3-11/h4-5H,1-3H2. The molecule has 2 aromatic rings. The summed E-state index contributed by atoms with van der Waals surface area (Å²) in [4.78, 5) is 0. The van der Waals surface area contributed by atoms with Crippen LogP contribution in [-0.2, 0) is 6.42 Å². The van der Waals surface area contributed by atoms with E-state index in [4.69, 9.17) is 11.6 Å². The Bertz CT molecular complexity index is 441. The van der Waals surface area contributed by atoms with Crippen molar-refractivity contribution in [3.05, 3.63) is 20.2 Å². The maximum atomic E-state index is 5.63. The van der Waals surface area contributed by atoms with E-state index >= 15 is 0 Å². The molecular weight excluding hydrogens is 316 g/mol. The van der Waals surface area contributed by atoms with Crippen LogP contribution in [0.3, 0.4) is 0 Å². The smallest absolute Gasteiger partial charge is 0.143 e. The van der Waals surface area contributed by atoms with Crippen molar-refractivity contribution in [1.82, 2.24) is 10.2 Å². The van der Waals surface area contributed by atoms with Crippen molar-refractivity contribution in [3.63, 3.8) is 0 Å². The average Bonchev–Trinajstić information content (AvgIpc) is 2.83. The van der Waals surface area contributed by atoms with Gasteiger partial charge in [0.1, 0.15) is 10.0 Å². The lowest BCUT2D eigenvalue weighted by Gasteiger charge is -1.88. The molecule has 0 aliphatic rings. The van der Waals surface area contributed by atoms with Gasteiger partial charge in [0.15, 0.2) is 0 Å². The van der Waals surface area contributed by atoms with Crippen molar-refractivity contribution in [2.75, 3.05) is 5.88 Å². The number of thiophene rings is 1. The van der Waals surface area contributed by atoms with Crippen LogP contribution >= 0.6 is 50.2 Å². The second kappa shape index (κ2) is 5.39. The summed E-state index contributed by atoms with van der Waals surface area (Å²) in [5.74, 6) is 0.679. The third kappa shape index (κ3) is 3.00. The summed E-state index contributed by atoms with van der Waals surface area (Å²) in [6.07, 6.45) is 1.88. The van der Waals surface area contributed by atoms with E-state index in [2.05, 4.69) is 37.6 Å². The van der Waals surface area contributed by atoms with Gasteiger partial charge in [-0.2, -0.15) is 0 Å². The molecule has 0 N–H and O–H groups in total. The quantitative estimate of drug-likeness (QED) is 0.788. The number of aromatic nitrogens is 2. The van der Waals surface area contributed by atoms with Gasteiger partial charge < -0.3 is 0 Å². The number of nitrogens with zero attached hydrogens (tertiary/aromatic N) is 2. The number of aryl methyl sites for hydroxylation is 1. The van der Waals surface area contributed by atoms with Gasteiger partial charge in [0.05, 0.1) is 3.79 Å². The molecule has 0 saturated carbocycles. The molecule has 15 heavy (non-hydrogen) atoms. The van der Waals surface area contributed by atoms with Crippen molar-refractivity contribution in [1.29, 1.82) is 0 Å². The Morgan fingerprint density at radius 1 is 1.40 bits per heavy atom. The second-order valence-electron chi connectivity index (χ2n) is 2.93. The van der Waals surface area contributed by atoms with E-state index in [-0.39, 0.29) is 0 Å². The van der Waals surface area contributed by atoms with Crippen molar-refractivity contribution in [2.24, 2.45) is 0 Å². The number of hydrogen-bond acceptors (Lipinski definition) is 4. The van der Waals surface area contributed by atoms with Gasteiger partial charge in [-0.1, -0.05) is 11.3 Å². The summed E-state index contributed by atoms with van der Waals surface area (Å²) >= 11 is 12.4. The van der Waals surface area contributed by atoms with Crippen LogP contribution in [0.25, 0.3) is 10.6 Å². The van der Waals surface area contributed by atoms with Crippen molar-refractivity contribution < 1.29 is 0 Å². The molecule has 0 bridgehead atoms. The van der Waals surface area contributed by atoms with Crippen LogP contribution in [0, 0.1) is 0 Å². The number of halogens is 2. The summed E-state index contributed by atoms with van der Waals surface area (Å²) in [7, 11) is 0. The lowest BCUT2D eigenvalue weighted by Crippen LogP contribution is -1.84. The fourth-order valence-corrected chi connectivity index (χ4v) is 3.33. The zero-order chi connectivity index (χ0) is 10.7. The zero-order valence-corrected chi connectivity index (χ0v) is 11.7. The molecule has 2 rings (SSSR count). The first-order chi connectivity index (χ1) is 7.29. The van der Waals surface area contributed by atoms with E-state index < -0.39 is 0 Å². The Morgan fingerprint density at radius 2 is 2.27 bits per heavy atom. The minimum Gasteiger partial charge on any atom is -0.143 e. The van der Waals surface area contributed by atoms with Crippen LogP contribution in [0.15, 0.2) is 15.2 Å². The average molecular weight is 324 g/mol. The first kappa shape index (κ1) is 11.5. The maximum absolute atomic E-state index is 5.63. The highest BCUT2D eigenvalue weighted by atomic mass is 79.9. The summed E-state index contributed by atoms with van der Waals surface area (Å²) in [5.41, 5.74) is 1.14. The molecule has 2 heterocycles. The highest BCUT2D eigenvalue weighted by Crippen LogP contribution is 2.31. The molecule has 0 atom stereocenters. The normalized spacial score (nSPS) is 10.8. The molecule has 0 aliphatic heterocycles. The van der Waals surface area contributed by atoms with Crippen LogP contribution in [0.5, 0.6) is 0 Å². The maximum Gasteiger partial charge on any atom is 0.148 e. The molecule has 0 saturated heterocycles. The molecule has 80 valence electrons. The van der Waals surface area contributed by atoms with Crippen molar-refractivity contribution in [2.45, 2.75) is 12.8 Å². The van der Waals surface area contributed by atoms with E-state index in [1.165, 1.54) is 0 Å². The Kier molecular flexibility index (Phi) is 4.13. The summed E-state index contributed by atoms with van der Waals surface area (Å²) < 4.78 is 1.12. The highest BCUT2D eigenvalue weighted by Gasteiger charge is 2.07. The van der Waals surface area contributed by atoms with Crippen LogP contribution in [-0.4, -0.2) is 16.1 Å². The minimum atomic E-state index is 0.679. The predicted octanol–water partition coefficient (Wildman–Crippen LogP) is 4.20. The first-order valence-electron chi connectivity index (χ1n) is 4.42. The Labute approximate surface area is 109 Å². The van der Waals surface area contributed by atoms with Crippen molar-refractivity contribution >= 4 is 50.2 Å². The van der Waals surface area contributed by atoms with E-state index in [1.54, 1.807) is 22.7 Å². The molecular formula is C9H8BrClN2S2. The monoisotopic (exact) mass is 322 g/mol. The summed E-state index contributed by atoms with van der Waals surface area (Å²) in [5, 5.41) is 12.4. The summed E-state index contributed by atoms with van der Waals surface area (Å²) in [6.45, 7) is 0. The zero-order valence-electron chi connectivity index (χ0n) is 7.74. The molecule has 0 unspecified atom stereocenters. The largest absolute Gasteiger partial charge is 0.148 e. The molecule has 2 nitrogen and oxygen atoms in total. The van der Waals surface area contributed by atoms with Gasteiger partial charge in [-0.3, -0.25) is 0 Å². The number of hydrogen-bond donors (Lipinski definition) is 0. The molecule has 0 aliphatic carbocycles. The third-order valence-electron chi connectivity index (χ3n) is 1.81. The SMILES string of the molecule is ClCCCc1nnc(-c2csc(Br)c2)s1. The lowest BCUT2D eigenvalue weighted by atomic mass is 10.4. The van der Waals surface area contributed by atoms with Gasteiger partial charge in [0.25, 0.3) is 0 Å². The van der Waals surface area contributed by atoms with Crippen LogP contribution in [0.2, 0.25) is 0 Å². The van der Waals surface area contributed by atoms with E-state index in [0.29, 0.717) is 5.88 Å². The predicted molar refractivity (Wildman–Crippen MR) is 70.0 cm³/mol. The van der Waals surface area contributed by atoms with Gasteiger partial charge in [-0.15, -0.1) is 33.1 Å². The van der Waals surface area contributed by atoms with Gasteiger partial charge >= 0.3 is 0 Å². The molecule has 0 amide bonds. The topological polar surface area (TPSA) is 25.8 Å². The molecule has 6 heteroatoms. The van der Waals surface area contributed by atoms with E-state index in [1.807, 2.05) is 0 Å². The van der Waals surface area contributed by atoms with Gasteiger partial charge in [0, 0.05) is 23.2 Å². The van der Waals surface area contributed by atoms with Crippen LogP contribution < -0.4 is 0 Å². The van der Waals surface area contributed by atoms with Gasteiger partial charge in [-0.05, 0) is 28.4 Å². The molecule has 0 fully saturated rings. The van der Waals surface area contributed by atoms with Gasteiger partial charge in [-0.25, -0.2) is 0 Å². The van der Waals surface area contributed by atoms with E-state index in [0.717, 1.165) is 32.2 Å². The Morgan fingerprint density at radius 3 is 2.93 bits per heavy atom. The third-order valence-corrected chi connectivity index (χ3v) is 4.61. The fraction of sp³-hybridized carbons (Fsp3) is 0.333. The minimum absolute atomic E-state index is 0.679. The molecule has 0 aromatic carbocycles. The first-order valence-corrected chi connectivity index (χ1v) is 7.44. The molecule has 0 radical (unpaired) electrons. The number of rotatable bonds is 4. The number of alkyl halides is 1. The van der Waals surface area contributed by atoms with Gasteiger partial charge in [0.2, 0.25) is 0 Å². The van der Waals surface area contributed by atoms with Crippen LogP contribution in [0.1, 0.15) is 11.4 Å². The second-order valence-corrected chi connectivity index (χ2v) is 6.66. The lowest BCUT2D eigenvalue weighted by molar-refractivity contribution is 0.884. The Hall–Kier alpha value is 0.0300. The Balaban J connectivity index is 2.13. The highest BCUT2D eigenvalue weighted by molar-refractivity contribution is 9.11. The van der Waals surface area contributed by atoms with Crippen molar-refractivity contribution in [3.8, 4) is 10.6 Å². The van der Waals surface area contributed by atoms with Crippen LogP contribution in [0.4, 0.5) is 0 Å². The van der Waals surface area contributed by atoms with E-state index in [9.17, 15) is 0 Å². The molecule has 2 aromatic heterocycles. The summed E-state index contributed by atoms with van der Waals surface area (Å²) in [6, 6.07) is 2.07. The fourth-order valence-electron chi connectivity index (χ4n) is 1.11. The molecule has 0 spiro atoms.